The molecule has 1 nitrogen and oxygen atoms in total. The number of aromatic nitrogens is 1. The van der Waals surface area contributed by atoms with Gasteiger partial charge >= 0.3 is 0 Å². The molecule has 0 aliphatic heterocycles. The number of para-hydroxylation sites is 2. The van der Waals surface area contributed by atoms with Crippen molar-refractivity contribution in [2.45, 2.75) is 31.6 Å². The van der Waals surface area contributed by atoms with Gasteiger partial charge < -0.3 is 4.57 Å². The van der Waals surface area contributed by atoms with Crippen molar-refractivity contribution in [3.05, 3.63) is 210 Å². The highest BCUT2D eigenvalue weighted by molar-refractivity contribution is 6.09. The van der Waals surface area contributed by atoms with Gasteiger partial charge in [0.2, 0.25) is 0 Å². The van der Waals surface area contributed by atoms with E-state index in [9.17, 15) is 0 Å². The predicted molar refractivity (Wildman–Crippen MR) is 220 cm³/mol. The summed E-state index contributed by atoms with van der Waals surface area (Å²) in [5.74, 6) is 0.211. The van der Waals surface area contributed by atoms with Crippen LogP contribution in [0.2, 0.25) is 0 Å². The second kappa shape index (κ2) is 12.0. The second-order valence-electron chi connectivity index (χ2n) is 14.9. The van der Waals surface area contributed by atoms with Gasteiger partial charge in [-0.25, -0.2) is 0 Å². The third-order valence-electron chi connectivity index (χ3n) is 11.6. The summed E-state index contributed by atoms with van der Waals surface area (Å²) in [6.45, 7) is 4.75. The van der Waals surface area contributed by atoms with Crippen LogP contribution in [0.5, 0.6) is 0 Å². The van der Waals surface area contributed by atoms with E-state index in [0.717, 1.165) is 6.42 Å². The predicted octanol–water partition coefficient (Wildman–Crippen LogP) is 13.3. The van der Waals surface area contributed by atoms with Crippen LogP contribution in [0.1, 0.15) is 47.6 Å². The molecule has 8 aromatic carbocycles. The standard InChI is InChI=1S/C51H39N/c1-51(2)47-19-8-5-15-42(47)43-31-22-34(33-48(43)51)32-46(41-18-11-13-37-12-3-4-14-40(37)41)38-25-23-35(24-26-38)36-27-29-39(30-28-36)52-49-20-9-6-16-44(49)45-17-7-10-21-50(45)52/h3-31,33,46H,32H2,1-2H3. The smallest absolute Gasteiger partial charge is 0.0541 e. The molecule has 0 amide bonds. The quantitative estimate of drug-likeness (QED) is 0.167. The van der Waals surface area contributed by atoms with E-state index < -0.39 is 0 Å². The van der Waals surface area contributed by atoms with Crippen molar-refractivity contribution >= 4 is 32.6 Å². The lowest BCUT2D eigenvalue weighted by Crippen LogP contribution is -2.15. The molecule has 1 heterocycles. The summed E-state index contributed by atoms with van der Waals surface area (Å²) >= 11 is 0. The first-order chi connectivity index (χ1) is 25.5. The summed E-state index contributed by atoms with van der Waals surface area (Å²) in [5, 5.41) is 5.18. The normalized spacial score (nSPS) is 13.7. The summed E-state index contributed by atoms with van der Waals surface area (Å²) < 4.78 is 2.38. The molecule has 1 atom stereocenters. The Balaban J connectivity index is 1.01. The molecule has 1 aliphatic carbocycles. The van der Waals surface area contributed by atoms with E-state index >= 15 is 0 Å². The monoisotopic (exact) mass is 665 g/mol. The molecule has 248 valence electrons. The van der Waals surface area contributed by atoms with Crippen molar-refractivity contribution in [3.63, 3.8) is 0 Å². The van der Waals surface area contributed by atoms with Gasteiger partial charge in [-0.2, -0.15) is 0 Å². The van der Waals surface area contributed by atoms with Crippen LogP contribution in [0.4, 0.5) is 0 Å². The van der Waals surface area contributed by atoms with Gasteiger partial charge in [-0.1, -0.05) is 172 Å². The molecule has 1 aromatic heterocycles. The molecule has 10 rings (SSSR count). The minimum absolute atomic E-state index is 0.0182. The van der Waals surface area contributed by atoms with Crippen LogP contribution in [0.15, 0.2) is 182 Å². The molecule has 1 unspecified atom stereocenters. The SMILES string of the molecule is CC1(C)c2ccccc2-c2ccc(CC(c3ccc(-c4ccc(-n5c6ccccc6c6ccccc65)cc4)cc3)c3cccc4ccccc34)cc21. The Morgan fingerprint density at radius 2 is 1.06 bits per heavy atom. The molecule has 0 spiro atoms. The molecule has 0 N–H and O–H groups in total. The number of nitrogens with zero attached hydrogens (tertiary/aromatic N) is 1. The highest BCUT2D eigenvalue weighted by atomic mass is 15.0. The topological polar surface area (TPSA) is 4.93 Å². The Labute approximate surface area is 305 Å². The molecule has 0 radical (unpaired) electrons. The van der Waals surface area contributed by atoms with E-state index in [0.29, 0.717) is 0 Å². The molecule has 0 saturated heterocycles. The Kier molecular flexibility index (Phi) is 7.05. The summed E-state index contributed by atoms with van der Waals surface area (Å²) in [4.78, 5) is 0. The number of hydrogen-bond donors (Lipinski definition) is 0. The van der Waals surface area contributed by atoms with Crippen LogP contribution in [0.3, 0.4) is 0 Å². The van der Waals surface area contributed by atoms with Gasteiger partial charge in [0.1, 0.15) is 0 Å². The zero-order valence-corrected chi connectivity index (χ0v) is 29.6. The molecule has 0 fully saturated rings. The lowest BCUT2D eigenvalue weighted by molar-refractivity contribution is 0.658. The van der Waals surface area contributed by atoms with Gasteiger partial charge in [-0.05, 0) is 91.5 Å². The zero-order chi connectivity index (χ0) is 34.8. The summed E-state index contributed by atoms with van der Waals surface area (Å²) in [6.07, 6.45) is 0.931. The van der Waals surface area contributed by atoms with Gasteiger partial charge in [-0.15, -0.1) is 0 Å². The van der Waals surface area contributed by atoms with Gasteiger partial charge in [0, 0.05) is 27.8 Å². The van der Waals surface area contributed by atoms with Crippen molar-refractivity contribution < 1.29 is 0 Å². The fourth-order valence-electron chi connectivity index (χ4n) is 8.99. The van der Waals surface area contributed by atoms with Gasteiger partial charge in [0.15, 0.2) is 0 Å². The van der Waals surface area contributed by atoms with Crippen molar-refractivity contribution in [1.82, 2.24) is 4.57 Å². The molecule has 52 heavy (non-hydrogen) atoms. The van der Waals surface area contributed by atoms with E-state index in [-0.39, 0.29) is 11.3 Å². The fraction of sp³-hybridized carbons (Fsp3) is 0.0980. The number of benzene rings is 8. The van der Waals surface area contributed by atoms with E-state index in [4.69, 9.17) is 0 Å². The summed E-state index contributed by atoms with van der Waals surface area (Å²) in [7, 11) is 0. The highest BCUT2D eigenvalue weighted by Gasteiger charge is 2.35. The van der Waals surface area contributed by atoms with Crippen LogP contribution in [-0.2, 0) is 11.8 Å². The first kappa shape index (κ1) is 30.6. The average molecular weight is 666 g/mol. The average Bonchev–Trinajstić information content (AvgIpc) is 3.65. The lowest BCUT2D eigenvalue weighted by atomic mass is 9.80. The Morgan fingerprint density at radius 3 is 1.79 bits per heavy atom. The lowest BCUT2D eigenvalue weighted by Gasteiger charge is -2.24. The zero-order valence-electron chi connectivity index (χ0n) is 29.6. The largest absolute Gasteiger partial charge is 0.309 e. The van der Waals surface area contributed by atoms with Crippen LogP contribution in [-0.4, -0.2) is 4.57 Å². The maximum absolute atomic E-state index is 2.49. The molecule has 9 aromatic rings. The van der Waals surface area contributed by atoms with Gasteiger partial charge in [0.25, 0.3) is 0 Å². The second-order valence-corrected chi connectivity index (χ2v) is 14.9. The number of rotatable bonds is 6. The molecular formula is C51H39N. The van der Waals surface area contributed by atoms with Crippen LogP contribution >= 0.6 is 0 Å². The van der Waals surface area contributed by atoms with Crippen molar-refractivity contribution in [2.24, 2.45) is 0 Å². The Morgan fingerprint density at radius 1 is 0.481 bits per heavy atom. The molecule has 1 aliphatic rings. The number of hydrogen-bond acceptors (Lipinski definition) is 0. The minimum atomic E-state index is -0.0182. The van der Waals surface area contributed by atoms with Crippen LogP contribution < -0.4 is 0 Å². The molecule has 1 heteroatoms. The van der Waals surface area contributed by atoms with E-state index in [1.807, 2.05) is 0 Å². The third-order valence-corrected chi connectivity index (χ3v) is 11.6. The highest BCUT2D eigenvalue weighted by Crippen LogP contribution is 2.49. The van der Waals surface area contributed by atoms with Gasteiger partial charge in [0.05, 0.1) is 11.0 Å². The minimum Gasteiger partial charge on any atom is -0.309 e. The van der Waals surface area contributed by atoms with Crippen molar-refractivity contribution in [3.8, 4) is 27.9 Å². The first-order valence-corrected chi connectivity index (χ1v) is 18.4. The van der Waals surface area contributed by atoms with Gasteiger partial charge in [-0.3, -0.25) is 0 Å². The van der Waals surface area contributed by atoms with E-state index in [1.165, 1.54) is 88.3 Å². The summed E-state index contributed by atoms with van der Waals surface area (Å²) in [5.41, 5.74) is 15.8. The summed E-state index contributed by atoms with van der Waals surface area (Å²) in [6, 6.07) is 67.5. The maximum Gasteiger partial charge on any atom is 0.0541 e. The fourth-order valence-corrected chi connectivity index (χ4v) is 8.99. The molecule has 0 bridgehead atoms. The molecular weight excluding hydrogens is 627 g/mol. The van der Waals surface area contributed by atoms with Crippen LogP contribution in [0, 0.1) is 0 Å². The van der Waals surface area contributed by atoms with E-state index in [2.05, 4.69) is 200 Å². The van der Waals surface area contributed by atoms with Crippen molar-refractivity contribution in [2.75, 3.05) is 0 Å². The molecule has 0 saturated carbocycles. The van der Waals surface area contributed by atoms with Crippen LogP contribution in [0.25, 0.3) is 60.5 Å². The maximum atomic E-state index is 2.49. The van der Waals surface area contributed by atoms with Crippen molar-refractivity contribution in [1.29, 1.82) is 0 Å². The Bertz CT molecular complexity index is 2720. The van der Waals surface area contributed by atoms with E-state index in [1.54, 1.807) is 0 Å². The Hall–Kier alpha value is -6.18. The third kappa shape index (κ3) is 4.84. The number of fused-ring (bicyclic) bond motifs is 7. The first-order valence-electron chi connectivity index (χ1n) is 18.4.